The van der Waals surface area contributed by atoms with Crippen LogP contribution >= 0.6 is 0 Å². The van der Waals surface area contributed by atoms with Gasteiger partial charge in [-0.05, 0) is 31.0 Å². The topological polar surface area (TPSA) is 46.5 Å². The highest BCUT2D eigenvalue weighted by Crippen LogP contribution is 2.36. The fourth-order valence-corrected chi connectivity index (χ4v) is 2.19. The van der Waals surface area contributed by atoms with Gasteiger partial charge in [-0.15, -0.1) is 0 Å². The number of carboxylic acid groups (broad SMARTS) is 1. The van der Waals surface area contributed by atoms with Crippen molar-refractivity contribution in [2.45, 2.75) is 64.6 Å². The van der Waals surface area contributed by atoms with Crippen LogP contribution in [-0.4, -0.2) is 26.0 Å². The van der Waals surface area contributed by atoms with E-state index in [9.17, 15) is 4.79 Å². The van der Waals surface area contributed by atoms with Crippen molar-refractivity contribution < 1.29 is 14.3 Å². The van der Waals surface area contributed by atoms with Crippen LogP contribution in [0, 0.1) is 0 Å². The maximum absolute atomic E-state index is 10.3. The van der Waals surface area contributed by atoms with Crippen molar-refractivity contribution >= 4 is 14.3 Å². The third-order valence-corrected chi connectivity index (χ3v) is 7.84. The van der Waals surface area contributed by atoms with Crippen molar-refractivity contribution in [3.8, 4) is 0 Å². The van der Waals surface area contributed by atoms with Gasteiger partial charge < -0.3 is 9.53 Å². The van der Waals surface area contributed by atoms with Gasteiger partial charge >= 0.3 is 5.97 Å². The maximum atomic E-state index is 10.3. The van der Waals surface area contributed by atoms with Crippen molar-refractivity contribution in [1.29, 1.82) is 0 Å². The molecule has 0 amide bonds. The third kappa shape index (κ3) is 6.28. The Balaban J connectivity index is 3.63. The van der Waals surface area contributed by atoms with Crippen LogP contribution in [0.15, 0.2) is 0 Å². The summed E-state index contributed by atoms with van der Waals surface area (Å²) in [5.41, 5.74) is 0. The lowest BCUT2D eigenvalue weighted by Gasteiger charge is -2.36. The molecule has 0 aliphatic carbocycles. The van der Waals surface area contributed by atoms with E-state index in [1.54, 1.807) is 0 Å². The highest BCUT2D eigenvalue weighted by Gasteiger charge is 2.36. The fourth-order valence-electron chi connectivity index (χ4n) is 1.10. The lowest BCUT2D eigenvalue weighted by molar-refractivity contribution is -0.137. The van der Waals surface area contributed by atoms with Crippen molar-refractivity contribution in [2.24, 2.45) is 0 Å². The van der Waals surface area contributed by atoms with E-state index in [0.29, 0.717) is 0 Å². The first-order valence-electron chi connectivity index (χ1n) is 6.02. The van der Waals surface area contributed by atoms with Gasteiger partial charge in [0.2, 0.25) is 0 Å². The minimum atomic E-state index is -1.60. The van der Waals surface area contributed by atoms with Gasteiger partial charge in [0.15, 0.2) is 8.32 Å². The third-order valence-electron chi connectivity index (χ3n) is 3.30. The molecular weight excluding hydrogens is 220 g/mol. The average Bonchev–Trinajstić information content (AvgIpc) is 2.08. The molecule has 0 aromatic carbocycles. The van der Waals surface area contributed by atoms with E-state index in [-0.39, 0.29) is 11.5 Å². The van der Waals surface area contributed by atoms with Gasteiger partial charge in [0.25, 0.3) is 0 Å². The molecule has 0 spiro atoms. The van der Waals surface area contributed by atoms with Gasteiger partial charge in [0.05, 0.1) is 0 Å². The Morgan fingerprint density at radius 1 is 1.19 bits per heavy atom. The van der Waals surface area contributed by atoms with E-state index in [2.05, 4.69) is 33.9 Å². The highest BCUT2D eigenvalue weighted by molar-refractivity contribution is 6.74. The molecule has 1 N–H and O–H groups in total. The molecule has 0 aromatic heterocycles. The van der Waals surface area contributed by atoms with E-state index in [4.69, 9.17) is 9.53 Å². The zero-order valence-electron chi connectivity index (χ0n) is 11.3. The maximum Gasteiger partial charge on any atom is 0.303 e. The number of carboxylic acids is 1. The number of hydrogen-bond acceptors (Lipinski definition) is 2. The van der Waals surface area contributed by atoms with Crippen molar-refractivity contribution in [3.63, 3.8) is 0 Å². The number of rotatable bonds is 7. The van der Waals surface area contributed by atoms with E-state index in [0.717, 1.165) is 25.9 Å². The van der Waals surface area contributed by atoms with E-state index >= 15 is 0 Å². The molecule has 0 fully saturated rings. The van der Waals surface area contributed by atoms with E-state index in [1.807, 2.05) is 0 Å². The average molecular weight is 246 g/mol. The van der Waals surface area contributed by atoms with Crippen molar-refractivity contribution in [2.75, 3.05) is 6.61 Å². The number of hydrogen-bond donors (Lipinski definition) is 1. The molecule has 0 unspecified atom stereocenters. The number of unbranched alkanes of at least 4 members (excludes halogenated alkanes) is 2. The zero-order valence-corrected chi connectivity index (χ0v) is 12.3. The first-order chi connectivity index (χ1) is 7.17. The molecule has 0 bridgehead atoms. The Kier molecular flexibility index (Phi) is 6.26. The smallest absolute Gasteiger partial charge is 0.303 e. The lowest BCUT2D eigenvalue weighted by Crippen LogP contribution is -2.40. The molecule has 0 heterocycles. The molecular formula is C12H26O3Si. The van der Waals surface area contributed by atoms with Crippen LogP contribution in [0.1, 0.15) is 46.5 Å². The van der Waals surface area contributed by atoms with Crippen molar-refractivity contribution in [1.82, 2.24) is 0 Å². The van der Waals surface area contributed by atoms with Crippen LogP contribution in [-0.2, 0) is 9.22 Å². The molecule has 4 heteroatoms. The van der Waals surface area contributed by atoms with Gasteiger partial charge in [-0.1, -0.05) is 27.2 Å². The number of aliphatic carboxylic acids is 1. The van der Waals surface area contributed by atoms with Crippen LogP contribution in [0.25, 0.3) is 0 Å². The van der Waals surface area contributed by atoms with Crippen LogP contribution in [0.3, 0.4) is 0 Å². The Morgan fingerprint density at radius 2 is 1.75 bits per heavy atom. The van der Waals surface area contributed by atoms with Crippen LogP contribution in [0.4, 0.5) is 0 Å². The van der Waals surface area contributed by atoms with Gasteiger partial charge in [-0.2, -0.15) is 0 Å². The molecule has 0 atom stereocenters. The summed E-state index contributed by atoms with van der Waals surface area (Å²) < 4.78 is 5.99. The summed E-state index contributed by atoms with van der Waals surface area (Å²) in [4.78, 5) is 10.3. The molecule has 16 heavy (non-hydrogen) atoms. The second-order valence-corrected chi connectivity index (χ2v) is 10.6. The fraction of sp³-hybridized carbons (Fsp3) is 0.917. The first-order valence-corrected chi connectivity index (χ1v) is 8.93. The largest absolute Gasteiger partial charge is 0.481 e. The quantitative estimate of drug-likeness (QED) is 0.551. The van der Waals surface area contributed by atoms with Gasteiger partial charge in [-0.3, -0.25) is 4.79 Å². The van der Waals surface area contributed by atoms with Crippen LogP contribution in [0.2, 0.25) is 18.1 Å². The summed E-state index contributed by atoms with van der Waals surface area (Å²) >= 11 is 0. The summed E-state index contributed by atoms with van der Waals surface area (Å²) in [5, 5.41) is 8.74. The molecule has 0 aliphatic heterocycles. The number of carbonyl (C=O) groups is 1. The Hall–Kier alpha value is -0.353. The van der Waals surface area contributed by atoms with Gasteiger partial charge in [0.1, 0.15) is 0 Å². The molecule has 0 aliphatic rings. The predicted octanol–water partition coefficient (Wildman–Crippen LogP) is 3.65. The molecule has 0 aromatic rings. The van der Waals surface area contributed by atoms with Crippen LogP contribution < -0.4 is 0 Å². The monoisotopic (exact) mass is 246 g/mol. The Labute approximate surface area is 100 Å². The summed E-state index contributed by atoms with van der Waals surface area (Å²) in [6.07, 6.45) is 2.96. The summed E-state index contributed by atoms with van der Waals surface area (Å²) in [6, 6.07) is 0. The summed E-state index contributed by atoms with van der Waals surface area (Å²) in [5.74, 6) is -0.703. The van der Waals surface area contributed by atoms with Gasteiger partial charge in [0, 0.05) is 13.0 Å². The minimum absolute atomic E-state index is 0.258. The SMILES string of the molecule is CC(C)(C)[Si](C)(C)OCCCCCC(=O)O. The summed E-state index contributed by atoms with van der Waals surface area (Å²) in [7, 11) is -1.60. The van der Waals surface area contributed by atoms with Gasteiger partial charge in [-0.25, -0.2) is 0 Å². The second-order valence-electron chi connectivity index (χ2n) is 5.81. The Bertz CT molecular complexity index is 219. The molecule has 0 rings (SSSR count). The van der Waals surface area contributed by atoms with E-state index in [1.165, 1.54) is 0 Å². The minimum Gasteiger partial charge on any atom is -0.481 e. The molecule has 96 valence electrons. The molecule has 0 saturated heterocycles. The Morgan fingerprint density at radius 3 is 2.19 bits per heavy atom. The predicted molar refractivity (Wildman–Crippen MR) is 69.3 cm³/mol. The second kappa shape index (κ2) is 6.40. The first kappa shape index (κ1) is 15.6. The molecule has 0 radical (unpaired) electrons. The zero-order chi connectivity index (χ0) is 12.8. The molecule has 3 nitrogen and oxygen atoms in total. The standard InChI is InChI=1S/C12H26O3Si/c1-12(2,3)16(4,5)15-10-8-6-7-9-11(13)14/h6-10H2,1-5H3,(H,13,14). The lowest BCUT2D eigenvalue weighted by atomic mass is 10.2. The molecule has 0 saturated carbocycles. The van der Waals surface area contributed by atoms with Crippen LogP contribution in [0.5, 0.6) is 0 Å². The summed E-state index contributed by atoms with van der Waals surface area (Å²) in [6.45, 7) is 11.9. The van der Waals surface area contributed by atoms with E-state index < -0.39 is 14.3 Å². The highest BCUT2D eigenvalue weighted by atomic mass is 28.4. The normalized spacial score (nSPS) is 12.8. The van der Waals surface area contributed by atoms with Crippen molar-refractivity contribution in [3.05, 3.63) is 0 Å².